The van der Waals surface area contributed by atoms with Gasteiger partial charge in [0.15, 0.2) is 0 Å². The lowest BCUT2D eigenvalue weighted by atomic mass is 10.2. The fraction of sp³-hybridized carbons (Fsp3) is 0.625. The van der Waals surface area contributed by atoms with E-state index in [-0.39, 0.29) is 0 Å². The summed E-state index contributed by atoms with van der Waals surface area (Å²) in [5.41, 5.74) is 1.23. The first-order valence-electron chi connectivity index (χ1n) is 7.53. The fourth-order valence-corrected chi connectivity index (χ4v) is 2.47. The molecule has 1 aromatic carbocycles. The Morgan fingerprint density at radius 1 is 1.15 bits per heavy atom. The summed E-state index contributed by atoms with van der Waals surface area (Å²) >= 11 is 0. The standard InChI is InChI=1S/C16H27NO2S/c1-3-5-6-12-19-16-9-7-15(8-10-16)14-17-11-13-20(18)4-2/h7-10,17H,3-6,11-14H2,1-2H3. The van der Waals surface area contributed by atoms with Crippen molar-refractivity contribution in [1.29, 1.82) is 0 Å². The normalized spacial score (nSPS) is 12.3. The predicted molar refractivity (Wildman–Crippen MR) is 86.7 cm³/mol. The molecule has 0 saturated carbocycles. The zero-order valence-corrected chi connectivity index (χ0v) is 13.5. The van der Waals surface area contributed by atoms with Crippen LogP contribution in [0.25, 0.3) is 0 Å². The molecule has 1 aromatic rings. The molecule has 0 bridgehead atoms. The first-order chi connectivity index (χ1) is 9.76. The molecule has 1 atom stereocenters. The van der Waals surface area contributed by atoms with Gasteiger partial charge in [-0.15, -0.1) is 0 Å². The van der Waals surface area contributed by atoms with Crippen molar-refractivity contribution in [3.05, 3.63) is 29.8 Å². The Morgan fingerprint density at radius 2 is 1.90 bits per heavy atom. The predicted octanol–water partition coefficient (Wildman–Crippen LogP) is 3.11. The molecule has 0 heterocycles. The molecule has 3 nitrogen and oxygen atoms in total. The van der Waals surface area contributed by atoms with Crippen LogP contribution in [0.15, 0.2) is 24.3 Å². The Bertz CT molecular complexity index is 379. The number of benzene rings is 1. The quantitative estimate of drug-likeness (QED) is 0.638. The van der Waals surface area contributed by atoms with E-state index >= 15 is 0 Å². The van der Waals surface area contributed by atoms with E-state index in [1.165, 1.54) is 18.4 Å². The number of ether oxygens (including phenoxy) is 1. The minimum atomic E-state index is -0.677. The Hall–Kier alpha value is -0.870. The summed E-state index contributed by atoms with van der Waals surface area (Å²) in [5, 5.41) is 3.31. The smallest absolute Gasteiger partial charge is 0.119 e. The molecule has 0 aliphatic carbocycles. The molecule has 0 aromatic heterocycles. The van der Waals surface area contributed by atoms with Gasteiger partial charge in [0.25, 0.3) is 0 Å². The highest BCUT2D eigenvalue weighted by atomic mass is 32.2. The molecule has 0 saturated heterocycles. The molecule has 114 valence electrons. The van der Waals surface area contributed by atoms with Crippen LogP contribution in [0.5, 0.6) is 5.75 Å². The molecular formula is C16H27NO2S. The van der Waals surface area contributed by atoms with Crippen LogP contribution < -0.4 is 10.1 Å². The van der Waals surface area contributed by atoms with Crippen LogP contribution in [0.3, 0.4) is 0 Å². The van der Waals surface area contributed by atoms with E-state index in [2.05, 4.69) is 24.4 Å². The maximum atomic E-state index is 11.3. The third-order valence-corrected chi connectivity index (χ3v) is 4.40. The summed E-state index contributed by atoms with van der Waals surface area (Å²) in [6.45, 7) is 6.56. The van der Waals surface area contributed by atoms with Crippen LogP contribution in [-0.2, 0) is 17.3 Å². The first-order valence-corrected chi connectivity index (χ1v) is 9.02. The van der Waals surface area contributed by atoms with Gasteiger partial charge in [0, 0.05) is 35.4 Å². The van der Waals surface area contributed by atoms with E-state index in [4.69, 9.17) is 4.74 Å². The van der Waals surface area contributed by atoms with Gasteiger partial charge < -0.3 is 10.1 Å². The zero-order chi connectivity index (χ0) is 14.6. The van der Waals surface area contributed by atoms with Crippen LogP contribution in [0.1, 0.15) is 38.7 Å². The Labute approximate surface area is 125 Å². The van der Waals surface area contributed by atoms with Crippen LogP contribution in [-0.4, -0.2) is 28.9 Å². The van der Waals surface area contributed by atoms with Gasteiger partial charge in [0.05, 0.1) is 6.61 Å². The highest BCUT2D eigenvalue weighted by molar-refractivity contribution is 7.84. The highest BCUT2D eigenvalue weighted by Gasteiger charge is 1.98. The van der Waals surface area contributed by atoms with Crippen molar-refractivity contribution < 1.29 is 8.95 Å². The number of hydrogen-bond acceptors (Lipinski definition) is 3. The molecule has 0 amide bonds. The molecule has 1 unspecified atom stereocenters. The number of nitrogens with one attached hydrogen (secondary N) is 1. The molecule has 0 radical (unpaired) electrons. The SMILES string of the molecule is CCCCCOc1ccc(CNCCS(=O)CC)cc1. The van der Waals surface area contributed by atoms with Crippen LogP contribution >= 0.6 is 0 Å². The molecule has 0 fully saturated rings. The Morgan fingerprint density at radius 3 is 2.55 bits per heavy atom. The molecule has 1 N–H and O–H groups in total. The topological polar surface area (TPSA) is 38.3 Å². The van der Waals surface area contributed by atoms with Crippen molar-refractivity contribution in [2.75, 3.05) is 24.7 Å². The molecule has 1 rings (SSSR count). The van der Waals surface area contributed by atoms with Gasteiger partial charge in [-0.3, -0.25) is 4.21 Å². The highest BCUT2D eigenvalue weighted by Crippen LogP contribution is 2.12. The van der Waals surface area contributed by atoms with Gasteiger partial charge in [-0.1, -0.05) is 38.8 Å². The minimum absolute atomic E-state index is 0.677. The lowest BCUT2D eigenvalue weighted by Gasteiger charge is -2.08. The Kier molecular flexibility index (Phi) is 9.33. The number of unbranched alkanes of at least 4 members (excludes halogenated alkanes) is 2. The molecule has 0 aliphatic rings. The second kappa shape index (κ2) is 10.9. The van der Waals surface area contributed by atoms with Gasteiger partial charge in [-0.05, 0) is 24.1 Å². The molecule has 4 heteroatoms. The van der Waals surface area contributed by atoms with E-state index in [9.17, 15) is 4.21 Å². The van der Waals surface area contributed by atoms with E-state index < -0.39 is 10.8 Å². The molecule has 0 aliphatic heterocycles. The fourth-order valence-electron chi connectivity index (χ4n) is 1.81. The molecular weight excluding hydrogens is 270 g/mol. The summed E-state index contributed by atoms with van der Waals surface area (Å²) < 4.78 is 16.9. The maximum Gasteiger partial charge on any atom is 0.119 e. The van der Waals surface area contributed by atoms with E-state index in [1.807, 2.05) is 19.1 Å². The Balaban J connectivity index is 2.19. The summed E-state index contributed by atoms with van der Waals surface area (Å²) in [4.78, 5) is 0. The van der Waals surface area contributed by atoms with Crippen LogP contribution in [0.4, 0.5) is 0 Å². The summed E-state index contributed by atoms with van der Waals surface area (Å²) in [6, 6.07) is 8.21. The van der Waals surface area contributed by atoms with Crippen molar-refractivity contribution in [3.8, 4) is 5.75 Å². The second-order valence-electron chi connectivity index (χ2n) is 4.81. The minimum Gasteiger partial charge on any atom is -0.494 e. The first kappa shape index (κ1) is 17.2. The molecule has 0 spiro atoms. The second-order valence-corrected chi connectivity index (χ2v) is 6.67. The van der Waals surface area contributed by atoms with Crippen molar-refractivity contribution >= 4 is 10.8 Å². The lowest BCUT2D eigenvalue weighted by Crippen LogP contribution is -2.20. The lowest BCUT2D eigenvalue weighted by molar-refractivity contribution is 0.306. The van der Waals surface area contributed by atoms with Gasteiger partial charge in [0.2, 0.25) is 0 Å². The molecule has 20 heavy (non-hydrogen) atoms. The number of rotatable bonds is 11. The average Bonchev–Trinajstić information content (AvgIpc) is 2.49. The number of hydrogen-bond donors (Lipinski definition) is 1. The average molecular weight is 297 g/mol. The van der Waals surface area contributed by atoms with E-state index in [1.54, 1.807) is 0 Å². The van der Waals surface area contributed by atoms with Crippen LogP contribution in [0, 0.1) is 0 Å². The van der Waals surface area contributed by atoms with E-state index in [0.717, 1.165) is 43.4 Å². The largest absolute Gasteiger partial charge is 0.494 e. The van der Waals surface area contributed by atoms with Crippen molar-refractivity contribution in [2.45, 2.75) is 39.7 Å². The monoisotopic (exact) mass is 297 g/mol. The van der Waals surface area contributed by atoms with Gasteiger partial charge in [-0.2, -0.15) is 0 Å². The van der Waals surface area contributed by atoms with Gasteiger partial charge in [-0.25, -0.2) is 0 Å². The zero-order valence-electron chi connectivity index (χ0n) is 12.7. The maximum absolute atomic E-state index is 11.3. The third-order valence-electron chi connectivity index (χ3n) is 3.10. The van der Waals surface area contributed by atoms with Crippen molar-refractivity contribution in [2.24, 2.45) is 0 Å². The van der Waals surface area contributed by atoms with Gasteiger partial charge in [0.1, 0.15) is 5.75 Å². The van der Waals surface area contributed by atoms with E-state index in [0.29, 0.717) is 0 Å². The summed E-state index contributed by atoms with van der Waals surface area (Å²) in [6.07, 6.45) is 3.56. The summed E-state index contributed by atoms with van der Waals surface area (Å²) in [7, 11) is -0.677. The van der Waals surface area contributed by atoms with Crippen molar-refractivity contribution in [3.63, 3.8) is 0 Å². The summed E-state index contributed by atoms with van der Waals surface area (Å²) in [5.74, 6) is 2.41. The van der Waals surface area contributed by atoms with Gasteiger partial charge >= 0.3 is 0 Å². The third kappa shape index (κ3) is 7.65. The van der Waals surface area contributed by atoms with Crippen LogP contribution in [0.2, 0.25) is 0 Å². The van der Waals surface area contributed by atoms with Crippen molar-refractivity contribution in [1.82, 2.24) is 5.32 Å².